The lowest BCUT2D eigenvalue weighted by Crippen LogP contribution is -2.21. The molecule has 0 amide bonds. The molecule has 1 aromatic rings. The summed E-state index contributed by atoms with van der Waals surface area (Å²) in [4.78, 5) is 16.7. The van der Waals surface area contributed by atoms with Gasteiger partial charge < -0.3 is 14.5 Å². The first-order valence-electron chi connectivity index (χ1n) is 4.40. The van der Waals surface area contributed by atoms with Gasteiger partial charge in [-0.15, -0.1) is 0 Å². The van der Waals surface area contributed by atoms with Crippen LogP contribution in [0.4, 0.5) is 0 Å². The van der Waals surface area contributed by atoms with Crippen LogP contribution in [0.1, 0.15) is 12.0 Å². The van der Waals surface area contributed by atoms with E-state index in [0.29, 0.717) is 6.42 Å². The number of benzene rings is 1. The Hall–Kier alpha value is -1.44. The number of carbonyl (C=O) groups is 1. The number of hydrogen-bond acceptors (Lipinski definition) is 5. The van der Waals surface area contributed by atoms with Crippen LogP contribution in [0.15, 0.2) is 24.3 Å². The standard InChI is InChI=1S/C9H11NO5S/c11-8-4-1-7(2-5-8)3-6-9(12)15-10-16(13)14/h1-2,4-5,10-11H,3,6H2,(H,13,14)/p-1. The highest BCUT2D eigenvalue weighted by Crippen LogP contribution is 2.11. The second-order valence-corrected chi connectivity index (χ2v) is 3.59. The summed E-state index contributed by atoms with van der Waals surface area (Å²) in [6.07, 6.45) is 0.460. The number of nitrogens with one attached hydrogen (secondary N) is 1. The Balaban J connectivity index is 2.31. The Labute approximate surface area is 94.6 Å². The average Bonchev–Trinajstić information content (AvgIpc) is 2.25. The minimum Gasteiger partial charge on any atom is -0.758 e. The van der Waals surface area contributed by atoms with E-state index in [1.165, 1.54) is 17.0 Å². The summed E-state index contributed by atoms with van der Waals surface area (Å²) >= 11 is -2.61. The third-order valence-corrected chi connectivity index (χ3v) is 2.00. The Bertz CT molecular complexity index is 378. The predicted molar refractivity (Wildman–Crippen MR) is 54.6 cm³/mol. The van der Waals surface area contributed by atoms with Gasteiger partial charge in [0.2, 0.25) is 0 Å². The topological polar surface area (TPSA) is 98.7 Å². The van der Waals surface area contributed by atoms with Crippen molar-refractivity contribution < 1.29 is 23.5 Å². The number of rotatable bonds is 5. The predicted octanol–water partition coefficient (Wildman–Crippen LogP) is 0.167. The molecule has 1 rings (SSSR count). The lowest BCUT2D eigenvalue weighted by molar-refractivity contribution is -0.147. The molecule has 0 aliphatic carbocycles. The van der Waals surface area contributed by atoms with E-state index in [1.807, 2.05) is 0 Å². The summed E-state index contributed by atoms with van der Waals surface area (Å²) in [5.41, 5.74) is 0.845. The first-order chi connectivity index (χ1) is 7.58. The van der Waals surface area contributed by atoms with Gasteiger partial charge in [0.05, 0.1) is 17.7 Å². The molecular weight excluding hydrogens is 234 g/mol. The minimum absolute atomic E-state index is 0.0506. The molecule has 0 saturated carbocycles. The third-order valence-electron chi connectivity index (χ3n) is 1.78. The molecule has 0 aromatic heterocycles. The maximum absolute atomic E-state index is 11.0. The van der Waals surface area contributed by atoms with Crippen LogP contribution in [-0.2, 0) is 27.3 Å². The molecule has 0 saturated heterocycles. The monoisotopic (exact) mass is 244 g/mol. The molecule has 7 heteroatoms. The van der Waals surface area contributed by atoms with Crippen molar-refractivity contribution in [3.05, 3.63) is 29.8 Å². The van der Waals surface area contributed by atoms with Crippen LogP contribution < -0.4 is 4.89 Å². The molecule has 1 unspecified atom stereocenters. The molecule has 0 fully saturated rings. The van der Waals surface area contributed by atoms with Gasteiger partial charge in [-0.2, -0.15) is 0 Å². The zero-order valence-electron chi connectivity index (χ0n) is 8.21. The fourth-order valence-corrected chi connectivity index (χ4v) is 1.20. The van der Waals surface area contributed by atoms with E-state index in [4.69, 9.17) is 5.11 Å². The van der Waals surface area contributed by atoms with E-state index in [1.54, 1.807) is 12.1 Å². The molecule has 88 valence electrons. The SMILES string of the molecule is O=C(CCc1ccc(O)cc1)ONS(=O)[O-]. The number of carbonyl (C=O) groups excluding carboxylic acids is 1. The van der Waals surface area contributed by atoms with Crippen molar-refractivity contribution in [3.8, 4) is 5.75 Å². The summed E-state index contributed by atoms with van der Waals surface area (Å²) in [6.45, 7) is 0. The first-order valence-corrected chi connectivity index (χ1v) is 5.48. The highest BCUT2D eigenvalue weighted by molar-refractivity contribution is 7.76. The molecule has 0 aliphatic rings. The van der Waals surface area contributed by atoms with Gasteiger partial charge in [-0.05, 0) is 24.1 Å². The van der Waals surface area contributed by atoms with Gasteiger partial charge in [0, 0.05) is 0 Å². The molecule has 0 spiro atoms. The van der Waals surface area contributed by atoms with Gasteiger partial charge in [-0.1, -0.05) is 17.0 Å². The molecule has 0 heterocycles. The van der Waals surface area contributed by atoms with Crippen LogP contribution in [-0.4, -0.2) is 19.8 Å². The van der Waals surface area contributed by atoms with Crippen molar-refractivity contribution in [2.75, 3.05) is 0 Å². The number of aryl methyl sites for hydroxylation is 1. The number of aromatic hydroxyl groups is 1. The molecule has 16 heavy (non-hydrogen) atoms. The summed E-state index contributed by atoms with van der Waals surface area (Å²) in [5, 5.41) is 9.01. The van der Waals surface area contributed by atoms with Crippen LogP contribution >= 0.6 is 0 Å². The van der Waals surface area contributed by atoms with Crippen molar-refractivity contribution >= 4 is 17.2 Å². The summed E-state index contributed by atoms with van der Waals surface area (Å²) in [5.74, 6) is -0.521. The van der Waals surface area contributed by atoms with Crippen molar-refractivity contribution in [2.45, 2.75) is 12.8 Å². The fourth-order valence-electron chi connectivity index (χ4n) is 1.04. The van der Waals surface area contributed by atoms with Crippen LogP contribution in [0.25, 0.3) is 0 Å². The zero-order valence-corrected chi connectivity index (χ0v) is 9.03. The lowest BCUT2D eigenvalue weighted by atomic mass is 10.1. The van der Waals surface area contributed by atoms with Crippen molar-refractivity contribution in [1.82, 2.24) is 4.89 Å². The van der Waals surface area contributed by atoms with E-state index < -0.39 is 17.2 Å². The Morgan fingerprint density at radius 1 is 1.44 bits per heavy atom. The minimum atomic E-state index is -2.61. The van der Waals surface area contributed by atoms with Crippen molar-refractivity contribution in [1.29, 1.82) is 0 Å². The molecular formula is C9H10NO5S-. The maximum atomic E-state index is 11.0. The Morgan fingerprint density at radius 3 is 2.62 bits per heavy atom. The largest absolute Gasteiger partial charge is 0.758 e. The Kier molecular flexibility index (Phi) is 4.90. The van der Waals surface area contributed by atoms with Gasteiger partial charge in [-0.25, -0.2) is 0 Å². The molecule has 1 atom stereocenters. The third kappa shape index (κ3) is 4.87. The van der Waals surface area contributed by atoms with Crippen molar-refractivity contribution in [2.24, 2.45) is 0 Å². The van der Waals surface area contributed by atoms with E-state index in [0.717, 1.165) is 5.56 Å². The second-order valence-electron chi connectivity index (χ2n) is 2.96. The molecule has 0 radical (unpaired) electrons. The highest BCUT2D eigenvalue weighted by Gasteiger charge is 2.03. The summed E-state index contributed by atoms with van der Waals surface area (Å²) in [7, 11) is 0. The number of phenolic OH excluding ortho intramolecular Hbond substituents is 1. The molecule has 6 nitrogen and oxygen atoms in total. The van der Waals surface area contributed by atoms with Gasteiger partial charge in [0.15, 0.2) is 0 Å². The van der Waals surface area contributed by atoms with E-state index >= 15 is 0 Å². The summed E-state index contributed by atoms with van der Waals surface area (Å²) in [6, 6.07) is 6.35. The van der Waals surface area contributed by atoms with Gasteiger partial charge in [0.25, 0.3) is 0 Å². The molecule has 2 N–H and O–H groups in total. The average molecular weight is 244 g/mol. The number of hydrogen-bond donors (Lipinski definition) is 2. The van der Waals surface area contributed by atoms with E-state index in [9.17, 15) is 13.6 Å². The van der Waals surface area contributed by atoms with E-state index in [2.05, 4.69) is 4.84 Å². The van der Waals surface area contributed by atoms with Gasteiger partial charge in [-0.3, -0.25) is 9.00 Å². The Morgan fingerprint density at radius 2 is 2.06 bits per heavy atom. The first kappa shape index (κ1) is 12.6. The van der Waals surface area contributed by atoms with E-state index in [-0.39, 0.29) is 12.2 Å². The van der Waals surface area contributed by atoms with Gasteiger partial charge in [0.1, 0.15) is 5.75 Å². The quantitative estimate of drug-likeness (QED) is 0.568. The van der Waals surface area contributed by atoms with Gasteiger partial charge >= 0.3 is 5.97 Å². The number of phenols is 1. The highest BCUT2D eigenvalue weighted by atomic mass is 32.2. The van der Waals surface area contributed by atoms with Crippen LogP contribution in [0, 0.1) is 0 Å². The fraction of sp³-hybridized carbons (Fsp3) is 0.222. The zero-order chi connectivity index (χ0) is 12.0. The maximum Gasteiger partial charge on any atom is 0.326 e. The van der Waals surface area contributed by atoms with Crippen LogP contribution in [0.2, 0.25) is 0 Å². The second kappa shape index (κ2) is 6.21. The molecule has 1 aromatic carbocycles. The summed E-state index contributed by atoms with van der Waals surface area (Å²) < 4.78 is 20.0. The lowest BCUT2D eigenvalue weighted by Gasteiger charge is -2.06. The van der Waals surface area contributed by atoms with Crippen LogP contribution in [0.5, 0.6) is 5.75 Å². The van der Waals surface area contributed by atoms with Crippen LogP contribution in [0.3, 0.4) is 0 Å². The van der Waals surface area contributed by atoms with Crippen molar-refractivity contribution in [3.63, 3.8) is 0 Å². The molecule has 0 aliphatic heterocycles. The smallest absolute Gasteiger partial charge is 0.326 e. The normalized spacial score (nSPS) is 12.1. The molecule has 0 bridgehead atoms.